The van der Waals surface area contributed by atoms with Gasteiger partial charge in [-0.1, -0.05) is 24.3 Å². The number of non-ortho nitro benzene ring substituents is 1. The fraction of sp³-hybridized carbons (Fsp3) is 0.263. The highest BCUT2D eigenvalue weighted by Gasteiger charge is 2.28. The maximum absolute atomic E-state index is 12.3. The van der Waals surface area contributed by atoms with Crippen LogP contribution in [0.4, 0.5) is 11.4 Å². The SMILES string of the molecule is CCOC(=O)[C@@H](Nc1c2ccccc2nc2cccc([N+](=O)[O-])c12)[C@@H](C)O. The zero-order valence-corrected chi connectivity index (χ0v) is 14.9. The van der Waals surface area contributed by atoms with Crippen LogP contribution >= 0.6 is 0 Å². The predicted octanol–water partition coefficient (Wildman–Crippen LogP) is 3.02. The van der Waals surface area contributed by atoms with Crippen LogP contribution in [0.15, 0.2) is 42.5 Å². The number of carbonyl (C=O) groups is 1. The largest absolute Gasteiger partial charge is 0.464 e. The van der Waals surface area contributed by atoms with Crippen LogP contribution in [0.1, 0.15) is 13.8 Å². The quantitative estimate of drug-likeness (QED) is 0.297. The molecule has 0 saturated carbocycles. The van der Waals surface area contributed by atoms with Crippen molar-refractivity contribution in [3.63, 3.8) is 0 Å². The molecule has 2 N–H and O–H groups in total. The number of benzene rings is 2. The monoisotopic (exact) mass is 369 g/mol. The summed E-state index contributed by atoms with van der Waals surface area (Å²) in [4.78, 5) is 27.9. The lowest BCUT2D eigenvalue weighted by molar-refractivity contribution is -0.383. The summed E-state index contributed by atoms with van der Waals surface area (Å²) < 4.78 is 5.03. The maximum Gasteiger partial charge on any atom is 0.331 e. The third-order valence-corrected chi connectivity index (χ3v) is 4.20. The molecule has 0 unspecified atom stereocenters. The van der Waals surface area contributed by atoms with Crippen LogP contribution in [-0.2, 0) is 9.53 Å². The minimum atomic E-state index is -1.08. The van der Waals surface area contributed by atoms with Gasteiger partial charge in [0.15, 0.2) is 6.04 Å². The molecule has 0 aliphatic carbocycles. The molecule has 27 heavy (non-hydrogen) atoms. The van der Waals surface area contributed by atoms with Crippen molar-refractivity contribution in [2.45, 2.75) is 26.0 Å². The minimum absolute atomic E-state index is 0.138. The van der Waals surface area contributed by atoms with Gasteiger partial charge in [0.1, 0.15) is 5.39 Å². The Kier molecular flexibility index (Phi) is 5.18. The molecule has 3 aromatic rings. The van der Waals surface area contributed by atoms with E-state index in [2.05, 4.69) is 10.3 Å². The fourth-order valence-electron chi connectivity index (χ4n) is 2.99. The Hall–Kier alpha value is -3.26. The van der Waals surface area contributed by atoms with Crippen LogP contribution in [0.2, 0.25) is 0 Å². The molecule has 0 aliphatic rings. The van der Waals surface area contributed by atoms with E-state index in [0.29, 0.717) is 22.1 Å². The van der Waals surface area contributed by atoms with E-state index in [0.717, 1.165) is 0 Å². The Labute approximate surface area is 154 Å². The van der Waals surface area contributed by atoms with E-state index in [1.165, 1.54) is 13.0 Å². The van der Waals surface area contributed by atoms with E-state index >= 15 is 0 Å². The smallest absolute Gasteiger partial charge is 0.331 e. The van der Waals surface area contributed by atoms with Crippen molar-refractivity contribution in [2.24, 2.45) is 0 Å². The number of fused-ring (bicyclic) bond motifs is 2. The molecule has 8 heteroatoms. The summed E-state index contributed by atoms with van der Waals surface area (Å²) >= 11 is 0. The number of hydrogen-bond donors (Lipinski definition) is 2. The van der Waals surface area contributed by atoms with Gasteiger partial charge in [-0.15, -0.1) is 0 Å². The second kappa shape index (κ2) is 7.55. The number of esters is 1. The Morgan fingerprint density at radius 1 is 1.26 bits per heavy atom. The van der Waals surface area contributed by atoms with Crippen molar-refractivity contribution in [1.29, 1.82) is 0 Å². The highest BCUT2D eigenvalue weighted by atomic mass is 16.6. The molecule has 2 aromatic carbocycles. The van der Waals surface area contributed by atoms with Crippen molar-refractivity contribution >= 4 is 39.1 Å². The molecular weight excluding hydrogens is 350 g/mol. The number of rotatable bonds is 6. The first kappa shape index (κ1) is 18.5. The van der Waals surface area contributed by atoms with Crippen LogP contribution in [0, 0.1) is 10.1 Å². The highest BCUT2D eigenvalue weighted by molar-refractivity contribution is 6.11. The van der Waals surface area contributed by atoms with Gasteiger partial charge in [-0.25, -0.2) is 9.78 Å². The van der Waals surface area contributed by atoms with E-state index in [4.69, 9.17) is 4.74 Å². The lowest BCUT2D eigenvalue weighted by Crippen LogP contribution is -2.40. The van der Waals surface area contributed by atoms with Gasteiger partial charge in [0.2, 0.25) is 0 Å². The summed E-state index contributed by atoms with van der Waals surface area (Å²) in [5, 5.41) is 25.5. The van der Waals surface area contributed by atoms with E-state index in [-0.39, 0.29) is 17.7 Å². The van der Waals surface area contributed by atoms with Gasteiger partial charge >= 0.3 is 5.97 Å². The van der Waals surface area contributed by atoms with Crippen molar-refractivity contribution < 1.29 is 19.6 Å². The van der Waals surface area contributed by atoms with Crippen LogP contribution in [-0.4, -0.2) is 39.7 Å². The highest BCUT2D eigenvalue weighted by Crippen LogP contribution is 2.37. The van der Waals surface area contributed by atoms with Gasteiger partial charge in [-0.3, -0.25) is 10.1 Å². The first-order valence-electron chi connectivity index (χ1n) is 8.51. The summed E-state index contributed by atoms with van der Waals surface area (Å²) in [5.74, 6) is -0.639. The number of anilines is 1. The van der Waals surface area contributed by atoms with Crippen molar-refractivity contribution in [2.75, 3.05) is 11.9 Å². The zero-order chi connectivity index (χ0) is 19.6. The van der Waals surface area contributed by atoms with Gasteiger partial charge in [0.05, 0.1) is 34.4 Å². The molecule has 0 fully saturated rings. The number of ether oxygens (including phenoxy) is 1. The lowest BCUT2D eigenvalue weighted by Gasteiger charge is -2.22. The molecule has 0 radical (unpaired) electrons. The van der Waals surface area contributed by atoms with Crippen molar-refractivity contribution in [3.05, 3.63) is 52.6 Å². The summed E-state index contributed by atoms with van der Waals surface area (Å²) in [5.41, 5.74) is 1.25. The molecule has 1 heterocycles. The van der Waals surface area contributed by atoms with E-state index in [1.54, 1.807) is 43.3 Å². The van der Waals surface area contributed by atoms with Gasteiger partial charge in [-0.05, 0) is 26.0 Å². The van der Waals surface area contributed by atoms with E-state index in [9.17, 15) is 20.0 Å². The number of aliphatic hydroxyl groups is 1. The second-order valence-corrected chi connectivity index (χ2v) is 6.05. The summed E-state index contributed by atoms with van der Waals surface area (Å²) in [6, 6.07) is 10.6. The minimum Gasteiger partial charge on any atom is -0.464 e. The molecule has 8 nitrogen and oxygen atoms in total. The van der Waals surface area contributed by atoms with E-state index < -0.39 is 23.0 Å². The number of aromatic nitrogens is 1. The number of carbonyl (C=O) groups excluding carboxylic acids is 1. The summed E-state index contributed by atoms with van der Waals surface area (Å²) in [6.45, 7) is 3.27. The second-order valence-electron chi connectivity index (χ2n) is 6.05. The van der Waals surface area contributed by atoms with Gasteiger partial charge in [0.25, 0.3) is 5.69 Å². The van der Waals surface area contributed by atoms with Crippen LogP contribution in [0.3, 0.4) is 0 Å². The van der Waals surface area contributed by atoms with Crippen molar-refractivity contribution in [1.82, 2.24) is 4.98 Å². The van der Waals surface area contributed by atoms with Gasteiger partial charge < -0.3 is 15.2 Å². The first-order valence-corrected chi connectivity index (χ1v) is 8.51. The van der Waals surface area contributed by atoms with Gasteiger partial charge in [0, 0.05) is 11.5 Å². The third-order valence-electron chi connectivity index (χ3n) is 4.20. The number of aliphatic hydroxyl groups excluding tert-OH is 1. The normalized spacial score (nSPS) is 13.3. The zero-order valence-electron chi connectivity index (χ0n) is 14.9. The molecule has 140 valence electrons. The Morgan fingerprint density at radius 2 is 1.96 bits per heavy atom. The number of nitrogens with one attached hydrogen (secondary N) is 1. The number of nitrogens with zero attached hydrogens (tertiary/aromatic N) is 2. The summed E-state index contributed by atoms with van der Waals surface area (Å²) in [7, 11) is 0. The average molecular weight is 369 g/mol. The Morgan fingerprint density at radius 3 is 2.63 bits per heavy atom. The standard InChI is InChI=1S/C19H19N3O5/c1-3-27-19(24)17(11(2)23)21-18-12-7-4-5-8-13(12)20-14-9-6-10-15(16(14)18)22(25)26/h4-11,17,23H,3H2,1-2H3,(H,20,21)/t11-,17+/m1/s1. The maximum atomic E-state index is 12.3. The molecule has 0 amide bonds. The van der Waals surface area contributed by atoms with Crippen LogP contribution < -0.4 is 5.32 Å². The predicted molar refractivity (Wildman–Crippen MR) is 102 cm³/mol. The Balaban J connectivity index is 2.30. The molecular formula is C19H19N3O5. The average Bonchev–Trinajstić information content (AvgIpc) is 2.64. The van der Waals surface area contributed by atoms with Crippen LogP contribution in [0.5, 0.6) is 0 Å². The van der Waals surface area contributed by atoms with Crippen LogP contribution in [0.25, 0.3) is 21.8 Å². The topological polar surface area (TPSA) is 115 Å². The fourth-order valence-corrected chi connectivity index (χ4v) is 2.99. The van der Waals surface area contributed by atoms with E-state index in [1.807, 2.05) is 0 Å². The van der Waals surface area contributed by atoms with Gasteiger partial charge in [-0.2, -0.15) is 0 Å². The molecule has 0 saturated heterocycles. The number of para-hydroxylation sites is 1. The molecule has 3 rings (SSSR count). The number of nitro groups is 1. The number of nitro benzene ring substituents is 1. The number of hydrogen-bond acceptors (Lipinski definition) is 7. The first-order chi connectivity index (χ1) is 12.9. The molecule has 2 atom stereocenters. The molecule has 1 aromatic heterocycles. The number of pyridine rings is 1. The molecule has 0 spiro atoms. The third kappa shape index (κ3) is 3.52. The molecule has 0 aliphatic heterocycles. The van der Waals surface area contributed by atoms with Crippen molar-refractivity contribution in [3.8, 4) is 0 Å². The summed E-state index contributed by atoms with van der Waals surface area (Å²) in [6.07, 6.45) is -1.08. The lowest BCUT2D eigenvalue weighted by atomic mass is 10.0. The molecule has 0 bridgehead atoms. The Bertz CT molecular complexity index is 1020.